The van der Waals surface area contributed by atoms with Gasteiger partial charge in [0.05, 0.1) is 19.1 Å². The SMILES string of the molecule is COCC1=CCN(C(=O)NCC(CC(=O)O)OC)CC1. The van der Waals surface area contributed by atoms with Gasteiger partial charge in [-0.1, -0.05) is 6.08 Å². The molecule has 1 aliphatic rings. The zero-order valence-corrected chi connectivity index (χ0v) is 11.9. The van der Waals surface area contributed by atoms with Gasteiger partial charge in [-0.15, -0.1) is 0 Å². The molecule has 0 saturated carbocycles. The fourth-order valence-corrected chi connectivity index (χ4v) is 1.96. The van der Waals surface area contributed by atoms with Crippen molar-refractivity contribution in [1.29, 1.82) is 0 Å². The van der Waals surface area contributed by atoms with Crippen molar-refractivity contribution < 1.29 is 24.2 Å². The van der Waals surface area contributed by atoms with E-state index in [4.69, 9.17) is 14.6 Å². The Kier molecular flexibility index (Phi) is 7.03. The minimum Gasteiger partial charge on any atom is -0.481 e. The van der Waals surface area contributed by atoms with Crippen molar-refractivity contribution in [1.82, 2.24) is 10.2 Å². The minimum atomic E-state index is -0.948. The van der Waals surface area contributed by atoms with Gasteiger partial charge in [0, 0.05) is 33.9 Å². The summed E-state index contributed by atoms with van der Waals surface area (Å²) in [7, 11) is 3.08. The fourth-order valence-electron chi connectivity index (χ4n) is 1.96. The highest BCUT2D eigenvalue weighted by atomic mass is 16.5. The molecule has 0 spiro atoms. The van der Waals surface area contributed by atoms with Gasteiger partial charge >= 0.3 is 12.0 Å². The molecule has 0 fully saturated rings. The number of urea groups is 1. The number of nitrogens with zero attached hydrogens (tertiary/aromatic N) is 1. The van der Waals surface area contributed by atoms with E-state index in [1.807, 2.05) is 6.08 Å². The van der Waals surface area contributed by atoms with Crippen LogP contribution in [0.25, 0.3) is 0 Å². The van der Waals surface area contributed by atoms with Crippen LogP contribution in [-0.2, 0) is 14.3 Å². The number of ether oxygens (including phenoxy) is 2. The molecule has 0 aliphatic carbocycles. The molecule has 2 amide bonds. The topological polar surface area (TPSA) is 88.1 Å². The van der Waals surface area contributed by atoms with E-state index in [9.17, 15) is 9.59 Å². The number of carboxylic acids is 1. The molecule has 0 aromatic rings. The maximum absolute atomic E-state index is 11.9. The molecule has 1 unspecified atom stereocenters. The summed E-state index contributed by atoms with van der Waals surface area (Å²) in [5.74, 6) is -0.948. The molecular weight excluding hydrogens is 264 g/mol. The lowest BCUT2D eigenvalue weighted by atomic mass is 10.1. The van der Waals surface area contributed by atoms with Crippen LogP contribution in [0.5, 0.6) is 0 Å². The van der Waals surface area contributed by atoms with Gasteiger partial charge in [0.15, 0.2) is 0 Å². The summed E-state index contributed by atoms with van der Waals surface area (Å²) in [6.07, 6.45) is 2.14. The molecule has 1 heterocycles. The van der Waals surface area contributed by atoms with E-state index in [0.717, 1.165) is 6.42 Å². The van der Waals surface area contributed by atoms with Crippen molar-refractivity contribution in [2.75, 3.05) is 40.5 Å². The summed E-state index contributed by atoms with van der Waals surface area (Å²) in [6, 6.07) is -0.204. The first-order valence-corrected chi connectivity index (χ1v) is 6.51. The third-order valence-corrected chi connectivity index (χ3v) is 3.14. The molecule has 0 bridgehead atoms. The van der Waals surface area contributed by atoms with Crippen LogP contribution in [0.3, 0.4) is 0 Å². The lowest BCUT2D eigenvalue weighted by molar-refractivity contribution is -0.139. The van der Waals surface area contributed by atoms with Crippen LogP contribution < -0.4 is 5.32 Å². The Morgan fingerprint density at radius 3 is 2.75 bits per heavy atom. The first-order chi connectivity index (χ1) is 9.56. The van der Waals surface area contributed by atoms with Crippen LogP contribution in [0, 0.1) is 0 Å². The predicted octanol–water partition coefficient (Wildman–Crippen LogP) is 0.464. The lowest BCUT2D eigenvalue weighted by Gasteiger charge is -2.27. The Hall–Kier alpha value is -1.60. The van der Waals surface area contributed by atoms with Gasteiger partial charge in [-0.25, -0.2) is 4.79 Å². The third kappa shape index (κ3) is 5.58. The lowest BCUT2D eigenvalue weighted by Crippen LogP contribution is -2.45. The maximum atomic E-state index is 11.9. The molecule has 0 aromatic heterocycles. The van der Waals surface area contributed by atoms with Gasteiger partial charge in [0.1, 0.15) is 0 Å². The molecule has 0 aromatic carbocycles. The second-order valence-corrected chi connectivity index (χ2v) is 4.63. The largest absolute Gasteiger partial charge is 0.481 e. The Bertz CT molecular complexity index is 370. The van der Waals surface area contributed by atoms with Gasteiger partial charge in [-0.05, 0) is 12.0 Å². The van der Waals surface area contributed by atoms with E-state index in [-0.39, 0.29) is 19.0 Å². The highest BCUT2D eigenvalue weighted by Gasteiger charge is 2.19. The summed E-state index contributed by atoms with van der Waals surface area (Å²) in [5.41, 5.74) is 1.19. The maximum Gasteiger partial charge on any atom is 0.317 e. The Balaban J connectivity index is 2.35. The first-order valence-electron chi connectivity index (χ1n) is 6.51. The van der Waals surface area contributed by atoms with Crippen LogP contribution in [0.1, 0.15) is 12.8 Å². The number of hydrogen-bond acceptors (Lipinski definition) is 4. The van der Waals surface area contributed by atoms with Crippen LogP contribution in [0.2, 0.25) is 0 Å². The molecule has 1 atom stereocenters. The highest BCUT2D eigenvalue weighted by molar-refractivity contribution is 5.74. The van der Waals surface area contributed by atoms with E-state index < -0.39 is 12.1 Å². The molecule has 0 saturated heterocycles. The van der Waals surface area contributed by atoms with Gasteiger partial charge in [-0.2, -0.15) is 0 Å². The van der Waals surface area contributed by atoms with Crippen molar-refractivity contribution in [3.05, 3.63) is 11.6 Å². The molecule has 20 heavy (non-hydrogen) atoms. The second kappa shape index (κ2) is 8.55. The van der Waals surface area contributed by atoms with Crippen LogP contribution >= 0.6 is 0 Å². The average Bonchev–Trinajstić information content (AvgIpc) is 2.44. The normalized spacial score (nSPS) is 16.5. The summed E-state index contributed by atoms with van der Waals surface area (Å²) < 4.78 is 10.1. The molecule has 1 rings (SSSR count). The van der Waals surface area contributed by atoms with Crippen molar-refractivity contribution in [2.24, 2.45) is 0 Å². The standard InChI is InChI=1S/C13H22N2O5/c1-19-9-10-3-5-15(6-4-10)13(18)14-8-11(20-2)7-12(16)17/h3,11H,4-9H2,1-2H3,(H,14,18)(H,16,17). The zero-order chi connectivity index (χ0) is 15.0. The van der Waals surface area contributed by atoms with Gasteiger partial charge in [0.2, 0.25) is 0 Å². The second-order valence-electron chi connectivity index (χ2n) is 4.63. The Morgan fingerprint density at radius 2 is 2.25 bits per heavy atom. The number of amides is 2. The van der Waals surface area contributed by atoms with E-state index in [0.29, 0.717) is 19.7 Å². The number of carboxylic acid groups (broad SMARTS) is 1. The Labute approximate surface area is 118 Å². The molecule has 7 heteroatoms. The van der Waals surface area contributed by atoms with Gasteiger partial charge in [-0.3, -0.25) is 4.79 Å². The first kappa shape index (κ1) is 16.5. The van der Waals surface area contributed by atoms with Crippen molar-refractivity contribution in [2.45, 2.75) is 18.9 Å². The van der Waals surface area contributed by atoms with Gasteiger partial charge in [0.25, 0.3) is 0 Å². The van der Waals surface area contributed by atoms with Gasteiger partial charge < -0.3 is 24.8 Å². The van der Waals surface area contributed by atoms with E-state index in [1.54, 1.807) is 12.0 Å². The minimum absolute atomic E-state index is 0.130. The Morgan fingerprint density at radius 1 is 1.50 bits per heavy atom. The number of carbonyl (C=O) groups is 2. The summed E-state index contributed by atoms with van der Waals surface area (Å²) in [4.78, 5) is 24.2. The van der Waals surface area contributed by atoms with Crippen LogP contribution in [0.15, 0.2) is 11.6 Å². The molecule has 1 aliphatic heterocycles. The van der Waals surface area contributed by atoms with E-state index in [1.165, 1.54) is 12.7 Å². The molecule has 2 N–H and O–H groups in total. The van der Waals surface area contributed by atoms with Crippen molar-refractivity contribution >= 4 is 12.0 Å². The third-order valence-electron chi connectivity index (χ3n) is 3.14. The number of rotatable bonds is 7. The molecule has 114 valence electrons. The summed E-state index contributed by atoms with van der Waals surface area (Å²) in [5, 5.41) is 11.4. The summed E-state index contributed by atoms with van der Waals surface area (Å²) in [6.45, 7) is 1.96. The number of methoxy groups -OCH3 is 2. The fraction of sp³-hybridized carbons (Fsp3) is 0.692. The summed E-state index contributed by atoms with van der Waals surface area (Å²) >= 11 is 0. The monoisotopic (exact) mass is 286 g/mol. The molecule has 0 radical (unpaired) electrons. The smallest absolute Gasteiger partial charge is 0.317 e. The number of hydrogen-bond donors (Lipinski definition) is 2. The number of carbonyl (C=O) groups excluding carboxylic acids is 1. The average molecular weight is 286 g/mol. The number of nitrogens with one attached hydrogen (secondary N) is 1. The highest BCUT2D eigenvalue weighted by Crippen LogP contribution is 2.10. The molecule has 7 nitrogen and oxygen atoms in total. The zero-order valence-electron chi connectivity index (χ0n) is 11.9. The quantitative estimate of drug-likeness (QED) is 0.664. The molecular formula is C13H22N2O5. The van der Waals surface area contributed by atoms with Crippen molar-refractivity contribution in [3.63, 3.8) is 0 Å². The van der Waals surface area contributed by atoms with E-state index >= 15 is 0 Å². The number of aliphatic carboxylic acids is 1. The van der Waals surface area contributed by atoms with E-state index in [2.05, 4.69) is 5.32 Å². The predicted molar refractivity (Wildman–Crippen MR) is 72.6 cm³/mol. The van der Waals surface area contributed by atoms with Crippen LogP contribution in [0.4, 0.5) is 4.79 Å². The van der Waals surface area contributed by atoms with Crippen molar-refractivity contribution in [3.8, 4) is 0 Å². The van der Waals surface area contributed by atoms with Crippen LogP contribution in [-0.4, -0.2) is 68.6 Å².